The van der Waals surface area contributed by atoms with E-state index in [1.54, 1.807) is 48.4 Å². The zero-order valence-electron chi connectivity index (χ0n) is 17.6. The summed E-state index contributed by atoms with van der Waals surface area (Å²) in [4.78, 5) is 40.4. The lowest BCUT2D eigenvalue weighted by Crippen LogP contribution is -2.42. The van der Waals surface area contributed by atoms with E-state index in [-0.39, 0.29) is 29.3 Å². The molecule has 8 nitrogen and oxygen atoms in total. The van der Waals surface area contributed by atoms with Gasteiger partial charge in [0, 0.05) is 30.2 Å². The number of rotatable bonds is 8. The van der Waals surface area contributed by atoms with Crippen molar-refractivity contribution in [3.05, 3.63) is 53.0 Å². The number of nitrogens with one attached hydrogen (secondary N) is 2. The van der Waals surface area contributed by atoms with Gasteiger partial charge in [-0.25, -0.2) is 0 Å². The highest BCUT2D eigenvalue weighted by molar-refractivity contribution is 9.10. The lowest BCUT2D eigenvalue weighted by molar-refractivity contribution is -0.124. The summed E-state index contributed by atoms with van der Waals surface area (Å²) in [5, 5.41) is 5.80. The van der Waals surface area contributed by atoms with Gasteiger partial charge in [-0.2, -0.15) is 0 Å². The molecule has 32 heavy (non-hydrogen) atoms. The van der Waals surface area contributed by atoms with Crippen molar-refractivity contribution in [2.24, 2.45) is 0 Å². The molecule has 2 aromatic rings. The molecule has 1 unspecified atom stereocenters. The van der Waals surface area contributed by atoms with Crippen LogP contribution in [0, 0.1) is 0 Å². The van der Waals surface area contributed by atoms with Crippen molar-refractivity contribution < 1.29 is 19.1 Å². The number of thiocarbonyl (C=S) groups is 1. The molecule has 1 aliphatic rings. The summed E-state index contributed by atoms with van der Waals surface area (Å²) >= 11 is 8.94. The Hall–Kier alpha value is -2.98. The number of anilines is 2. The van der Waals surface area contributed by atoms with E-state index in [2.05, 4.69) is 26.6 Å². The molecule has 0 bridgehead atoms. The quantitative estimate of drug-likeness (QED) is 0.522. The van der Waals surface area contributed by atoms with Gasteiger partial charge in [0.2, 0.25) is 11.8 Å². The standard InChI is InChI=1S/C22H23BrN4O4S/c1-14(28)24-11-12-26-19(13-20(29)25-16-5-3-15(23)4-6-16)21(30)27(22(26)32)17-7-9-18(31-2)10-8-17/h3-10,19H,11-13H2,1-2H3,(H,24,28)(H,25,29). The first-order valence-electron chi connectivity index (χ1n) is 9.88. The maximum Gasteiger partial charge on any atom is 0.256 e. The lowest BCUT2D eigenvalue weighted by Gasteiger charge is -2.24. The molecular formula is C22H23BrN4O4S. The van der Waals surface area contributed by atoms with Crippen LogP contribution in [0.1, 0.15) is 13.3 Å². The molecule has 0 radical (unpaired) electrons. The molecule has 1 fully saturated rings. The average Bonchev–Trinajstić information content (AvgIpc) is 2.99. The number of hydrogen-bond donors (Lipinski definition) is 2. The summed E-state index contributed by atoms with van der Waals surface area (Å²) in [6.45, 7) is 2.01. The second-order valence-corrected chi connectivity index (χ2v) is 8.39. The van der Waals surface area contributed by atoms with Gasteiger partial charge in [0.05, 0.1) is 19.2 Å². The smallest absolute Gasteiger partial charge is 0.256 e. The molecule has 2 N–H and O–H groups in total. The van der Waals surface area contributed by atoms with E-state index in [4.69, 9.17) is 17.0 Å². The number of hydrogen-bond acceptors (Lipinski definition) is 5. The number of carbonyl (C=O) groups is 3. The van der Waals surface area contributed by atoms with Crippen LogP contribution in [0.5, 0.6) is 5.75 Å². The Morgan fingerprint density at radius 1 is 1.12 bits per heavy atom. The van der Waals surface area contributed by atoms with E-state index >= 15 is 0 Å². The van der Waals surface area contributed by atoms with Gasteiger partial charge in [-0.3, -0.25) is 19.3 Å². The molecule has 0 aromatic heterocycles. The van der Waals surface area contributed by atoms with Gasteiger partial charge in [-0.05, 0) is 60.7 Å². The molecule has 0 spiro atoms. The largest absolute Gasteiger partial charge is 0.497 e. The minimum atomic E-state index is -0.784. The normalized spacial score (nSPS) is 15.7. The van der Waals surface area contributed by atoms with Crippen LogP contribution in [-0.2, 0) is 14.4 Å². The van der Waals surface area contributed by atoms with Gasteiger partial charge in [0.1, 0.15) is 11.8 Å². The van der Waals surface area contributed by atoms with Crippen molar-refractivity contribution in [1.29, 1.82) is 0 Å². The number of methoxy groups -OCH3 is 1. The summed E-state index contributed by atoms with van der Waals surface area (Å²) in [6.07, 6.45) is -0.0816. The van der Waals surface area contributed by atoms with E-state index in [1.807, 2.05) is 12.1 Å². The van der Waals surface area contributed by atoms with Crippen LogP contribution in [0.2, 0.25) is 0 Å². The van der Waals surface area contributed by atoms with Gasteiger partial charge < -0.3 is 20.3 Å². The van der Waals surface area contributed by atoms with Crippen LogP contribution in [0.15, 0.2) is 53.0 Å². The molecular weight excluding hydrogens is 496 g/mol. The first-order valence-corrected chi connectivity index (χ1v) is 11.1. The Balaban J connectivity index is 1.79. The van der Waals surface area contributed by atoms with Crippen molar-refractivity contribution >= 4 is 62.4 Å². The van der Waals surface area contributed by atoms with Crippen LogP contribution < -0.4 is 20.3 Å². The molecule has 1 saturated heterocycles. The molecule has 1 aliphatic heterocycles. The van der Waals surface area contributed by atoms with Crippen molar-refractivity contribution in [3.8, 4) is 5.75 Å². The SMILES string of the molecule is COc1ccc(N2C(=O)C(CC(=O)Nc3ccc(Br)cc3)N(CCNC(C)=O)C2=S)cc1. The van der Waals surface area contributed by atoms with Crippen molar-refractivity contribution in [1.82, 2.24) is 10.2 Å². The van der Waals surface area contributed by atoms with E-state index in [1.165, 1.54) is 11.8 Å². The van der Waals surface area contributed by atoms with Crippen molar-refractivity contribution in [2.45, 2.75) is 19.4 Å². The molecule has 10 heteroatoms. The van der Waals surface area contributed by atoms with Crippen LogP contribution in [-0.4, -0.2) is 54.0 Å². The number of benzene rings is 2. The Morgan fingerprint density at radius 3 is 2.38 bits per heavy atom. The van der Waals surface area contributed by atoms with Gasteiger partial charge in [0.15, 0.2) is 5.11 Å². The Kier molecular flexibility index (Phi) is 7.81. The highest BCUT2D eigenvalue weighted by Crippen LogP contribution is 2.28. The monoisotopic (exact) mass is 518 g/mol. The summed E-state index contributed by atoms with van der Waals surface area (Å²) in [6, 6.07) is 13.3. The summed E-state index contributed by atoms with van der Waals surface area (Å²) in [7, 11) is 1.56. The van der Waals surface area contributed by atoms with Crippen LogP contribution in [0.25, 0.3) is 0 Å². The number of amides is 3. The molecule has 0 saturated carbocycles. The summed E-state index contributed by atoms with van der Waals surface area (Å²) in [5.74, 6) is -0.138. The van der Waals surface area contributed by atoms with Crippen LogP contribution in [0.3, 0.4) is 0 Å². The zero-order chi connectivity index (χ0) is 23.3. The lowest BCUT2D eigenvalue weighted by atomic mass is 10.1. The third-order valence-electron chi connectivity index (χ3n) is 4.88. The molecule has 1 heterocycles. The van der Waals surface area contributed by atoms with E-state index in [9.17, 15) is 14.4 Å². The first-order chi connectivity index (χ1) is 15.3. The molecule has 168 valence electrons. The second kappa shape index (κ2) is 10.6. The minimum absolute atomic E-state index is 0.0816. The molecule has 2 aromatic carbocycles. The number of carbonyl (C=O) groups excluding carboxylic acids is 3. The fraction of sp³-hybridized carbons (Fsp3) is 0.273. The summed E-state index contributed by atoms with van der Waals surface area (Å²) in [5.41, 5.74) is 1.21. The molecule has 3 amide bonds. The number of ether oxygens (including phenoxy) is 1. The fourth-order valence-corrected chi connectivity index (χ4v) is 4.01. The zero-order valence-corrected chi connectivity index (χ0v) is 20.0. The second-order valence-electron chi connectivity index (χ2n) is 7.11. The first kappa shape index (κ1) is 23.7. The third-order valence-corrected chi connectivity index (χ3v) is 5.83. The summed E-state index contributed by atoms with van der Waals surface area (Å²) < 4.78 is 6.07. The fourth-order valence-electron chi connectivity index (χ4n) is 3.33. The highest BCUT2D eigenvalue weighted by atomic mass is 79.9. The topological polar surface area (TPSA) is 91.0 Å². The highest BCUT2D eigenvalue weighted by Gasteiger charge is 2.43. The molecule has 0 aliphatic carbocycles. The van der Waals surface area contributed by atoms with Crippen molar-refractivity contribution in [2.75, 3.05) is 30.4 Å². The van der Waals surface area contributed by atoms with Gasteiger partial charge >= 0.3 is 0 Å². The molecule has 3 rings (SSSR count). The van der Waals surface area contributed by atoms with Crippen molar-refractivity contribution in [3.63, 3.8) is 0 Å². The van der Waals surface area contributed by atoms with Gasteiger partial charge in [-0.15, -0.1) is 0 Å². The maximum atomic E-state index is 13.3. The van der Waals surface area contributed by atoms with Gasteiger partial charge in [0.25, 0.3) is 5.91 Å². The van der Waals surface area contributed by atoms with E-state index in [0.29, 0.717) is 30.2 Å². The minimum Gasteiger partial charge on any atom is -0.497 e. The predicted octanol–water partition coefficient (Wildman–Crippen LogP) is 2.92. The Morgan fingerprint density at radius 2 is 1.78 bits per heavy atom. The Bertz CT molecular complexity index is 1010. The third kappa shape index (κ3) is 5.63. The predicted molar refractivity (Wildman–Crippen MR) is 130 cm³/mol. The van der Waals surface area contributed by atoms with Crippen LogP contribution >= 0.6 is 28.1 Å². The van der Waals surface area contributed by atoms with E-state index < -0.39 is 6.04 Å². The molecule has 1 atom stereocenters. The van der Waals surface area contributed by atoms with Gasteiger partial charge in [-0.1, -0.05) is 15.9 Å². The number of nitrogens with zero attached hydrogens (tertiary/aromatic N) is 2. The van der Waals surface area contributed by atoms with Crippen LogP contribution in [0.4, 0.5) is 11.4 Å². The number of halogens is 1. The maximum absolute atomic E-state index is 13.3. The van der Waals surface area contributed by atoms with E-state index in [0.717, 1.165) is 4.47 Å². The average molecular weight is 519 g/mol. The Labute approximate surface area is 200 Å².